The van der Waals surface area contributed by atoms with Crippen LogP contribution in [0.3, 0.4) is 0 Å². The summed E-state index contributed by atoms with van der Waals surface area (Å²) in [6, 6.07) is 3.94. The minimum Gasteiger partial charge on any atom is -0.493 e. The van der Waals surface area contributed by atoms with Crippen LogP contribution in [-0.2, 0) is 6.54 Å². The summed E-state index contributed by atoms with van der Waals surface area (Å²) in [7, 11) is 3.96. The van der Waals surface area contributed by atoms with Crippen LogP contribution in [0.25, 0.3) is 10.2 Å². The van der Waals surface area contributed by atoms with Crippen LogP contribution in [0.5, 0.6) is 11.5 Å². The van der Waals surface area contributed by atoms with Crippen LogP contribution in [0.4, 0.5) is 0 Å². The van der Waals surface area contributed by atoms with Gasteiger partial charge in [-0.1, -0.05) is 0 Å². The molecule has 128 valence electrons. The molecular weight excluding hydrogens is 310 g/mol. The Hall–Kier alpha value is -1.37. The van der Waals surface area contributed by atoms with E-state index in [4.69, 9.17) is 15.2 Å². The summed E-state index contributed by atoms with van der Waals surface area (Å²) in [5.74, 6) is 1.52. The smallest absolute Gasteiger partial charge is 0.163 e. The zero-order chi connectivity index (χ0) is 16.9. The predicted octanol–water partition coefficient (Wildman–Crippen LogP) is 3.02. The molecule has 0 bridgehead atoms. The Balaban J connectivity index is 2.04. The Labute approximate surface area is 142 Å². The standard InChI is InChI=1S/C17H28N3O2S/c1-5-20(3,6-2)8-7-9-22-15-10-13-16(11-14(15)21-4)23-17(12-18)19-13/h10-11H,5-9,12,18H2,1-4H3/q+1. The van der Waals surface area contributed by atoms with E-state index in [0.717, 1.165) is 57.3 Å². The minimum atomic E-state index is 0.461. The number of benzene rings is 1. The first kappa shape index (κ1) is 18.0. The van der Waals surface area contributed by atoms with Gasteiger partial charge < -0.3 is 19.7 Å². The zero-order valence-corrected chi connectivity index (χ0v) is 15.4. The van der Waals surface area contributed by atoms with Crippen molar-refractivity contribution in [3.63, 3.8) is 0 Å². The molecule has 0 aliphatic rings. The van der Waals surface area contributed by atoms with Crippen LogP contribution in [-0.4, -0.2) is 49.9 Å². The summed E-state index contributed by atoms with van der Waals surface area (Å²) < 4.78 is 13.6. The normalized spacial score (nSPS) is 11.9. The summed E-state index contributed by atoms with van der Waals surface area (Å²) >= 11 is 1.60. The number of thiazole rings is 1. The number of aromatic nitrogens is 1. The third-order valence-electron chi connectivity index (χ3n) is 4.52. The average molecular weight is 338 g/mol. The van der Waals surface area contributed by atoms with E-state index in [1.165, 1.54) is 0 Å². The second-order valence-electron chi connectivity index (χ2n) is 5.96. The van der Waals surface area contributed by atoms with Gasteiger partial charge in [0.15, 0.2) is 11.5 Å². The Morgan fingerprint density at radius 1 is 1.22 bits per heavy atom. The van der Waals surface area contributed by atoms with Crippen molar-refractivity contribution in [3.8, 4) is 11.5 Å². The highest BCUT2D eigenvalue weighted by Gasteiger charge is 2.16. The van der Waals surface area contributed by atoms with Gasteiger partial charge in [0.1, 0.15) is 5.01 Å². The fraction of sp³-hybridized carbons (Fsp3) is 0.588. The molecule has 1 heterocycles. The van der Waals surface area contributed by atoms with Gasteiger partial charge in [-0.15, -0.1) is 11.3 Å². The van der Waals surface area contributed by atoms with Crippen molar-refractivity contribution in [2.24, 2.45) is 5.73 Å². The summed E-state index contributed by atoms with van der Waals surface area (Å²) in [6.45, 7) is 9.02. The SMILES string of the molecule is CC[N+](C)(CC)CCCOc1cc2nc(CN)sc2cc1OC. The van der Waals surface area contributed by atoms with Crippen LogP contribution in [0, 0.1) is 0 Å². The van der Waals surface area contributed by atoms with Gasteiger partial charge in [0.05, 0.1) is 50.6 Å². The van der Waals surface area contributed by atoms with E-state index in [-0.39, 0.29) is 0 Å². The van der Waals surface area contributed by atoms with E-state index < -0.39 is 0 Å². The molecule has 23 heavy (non-hydrogen) atoms. The topological polar surface area (TPSA) is 57.4 Å². The molecule has 0 fully saturated rings. The molecule has 0 aliphatic carbocycles. The van der Waals surface area contributed by atoms with Crippen molar-refractivity contribution >= 4 is 21.6 Å². The predicted molar refractivity (Wildman–Crippen MR) is 96.3 cm³/mol. The molecule has 0 radical (unpaired) electrons. The first-order valence-electron chi connectivity index (χ1n) is 8.19. The molecule has 6 heteroatoms. The molecular formula is C17H28N3O2S+. The average Bonchev–Trinajstić information content (AvgIpc) is 2.99. The van der Waals surface area contributed by atoms with Gasteiger partial charge in [-0.05, 0) is 13.8 Å². The molecule has 1 aromatic carbocycles. The number of fused-ring (bicyclic) bond motifs is 1. The van der Waals surface area contributed by atoms with Crippen LogP contribution in [0.15, 0.2) is 12.1 Å². The number of hydrogen-bond acceptors (Lipinski definition) is 5. The van der Waals surface area contributed by atoms with Crippen LogP contribution < -0.4 is 15.2 Å². The zero-order valence-electron chi connectivity index (χ0n) is 14.6. The number of quaternary nitrogens is 1. The molecule has 1 aromatic heterocycles. The van der Waals surface area contributed by atoms with Crippen LogP contribution in [0.2, 0.25) is 0 Å². The molecule has 5 nitrogen and oxygen atoms in total. The molecule has 0 aliphatic heterocycles. The second-order valence-corrected chi connectivity index (χ2v) is 7.08. The van der Waals surface area contributed by atoms with Gasteiger partial charge >= 0.3 is 0 Å². The molecule has 0 amide bonds. The second kappa shape index (κ2) is 7.95. The van der Waals surface area contributed by atoms with Crippen molar-refractivity contribution in [2.45, 2.75) is 26.8 Å². The molecule has 0 unspecified atom stereocenters. The Kier molecular flexibility index (Phi) is 6.21. The number of rotatable bonds is 9. The lowest BCUT2D eigenvalue weighted by Crippen LogP contribution is -2.44. The lowest BCUT2D eigenvalue weighted by molar-refractivity contribution is -0.906. The first-order chi connectivity index (χ1) is 11.0. The van der Waals surface area contributed by atoms with Crippen molar-refractivity contribution in [1.29, 1.82) is 0 Å². The monoisotopic (exact) mass is 338 g/mol. The maximum absolute atomic E-state index is 5.96. The summed E-state index contributed by atoms with van der Waals surface area (Å²) in [4.78, 5) is 4.52. The Morgan fingerprint density at radius 2 is 1.96 bits per heavy atom. The van der Waals surface area contributed by atoms with Gasteiger partial charge in [0, 0.05) is 25.1 Å². The third kappa shape index (κ3) is 4.34. The third-order valence-corrected chi connectivity index (χ3v) is 5.56. The fourth-order valence-electron chi connectivity index (χ4n) is 2.51. The van der Waals surface area contributed by atoms with Crippen molar-refractivity contribution in [1.82, 2.24) is 4.98 Å². The summed E-state index contributed by atoms with van der Waals surface area (Å²) in [6.07, 6.45) is 1.02. The molecule has 0 saturated carbocycles. The van der Waals surface area contributed by atoms with E-state index in [1.54, 1.807) is 18.4 Å². The fourth-order valence-corrected chi connectivity index (χ4v) is 3.37. The lowest BCUT2D eigenvalue weighted by Gasteiger charge is -2.32. The number of ether oxygens (including phenoxy) is 2. The first-order valence-corrected chi connectivity index (χ1v) is 9.00. The van der Waals surface area contributed by atoms with E-state index in [0.29, 0.717) is 13.2 Å². The highest BCUT2D eigenvalue weighted by molar-refractivity contribution is 7.18. The van der Waals surface area contributed by atoms with Crippen molar-refractivity contribution in [3.05, 3.63) is 17.1 Å². The number of nitrogens with zero attached hydrogens (tertiary/aromatic N) is 2. The highest BCUT2D eigenvalue weighted by Crippen LogP contribution is 2.34. The molecule has 0 atom stereocenters. The number of nitrogens with two attached hydrogens (primary N) is 1. The lowest BCUT2D eigenvalue weighted by atomic mass is 10.3. The van der Waals surface area contributed by atoms with Gasteiger partial charge in [-0.2, -0.15) is 0 Å². The largest absolute Gasteiger partial charge is 0.493 e. The molecule has 0 saturated heterocycles. The van der Waals surface area contributed by atoms with Crippen LogP contribution >= 0.6 is 11.3 Å². The number of hydrogen-bond donors (Lipinski definition) is 1. The van der Waals surface area contributed by atoms with Gasteiger partial charge in [0.25, 0.3) is 0 Å². The van der Waals surface area contributed by atoms with Gasteiger partial charge in [-0.3, -0.25) is 0 Å². The van der Waals surface area contributed by atoms with Gasteiger partial charge in [0.2, 0.25) is 0 Å². The Morgan fingerprint density at radius 3 is 2.57 bits per heavy atom. The van der Waals surface area contributed by atoms with Crippen molar-refractivity contribution < 1.29 is 14.0 Å². The number of methoxy groups -OCH3 is 1. The molecule has 0 spiro atoms. The molecule has 2 N–H and O–H groups in total. The molecule has 2 rings (SSSR count). The van der Waals surface area contributed by atoms with E-state index in [2.05, 4.69) is 25.9 Å². The van der Waals surface area contributed by atoms with Crippen LogP contribution in [0.1, 0.15) is 25.3 Å². The summed E-state index contributed by atoms with van der Waals surface area (Å²) in [5, 5.41) is 0.929. The summed E-state index contributed by atoms with van der Waals surface area (Å²) in [5.41, 5.74) is 6.60. The van der Waals surface area contributed by atoms with E-state index in [1.807, 2.05) is 12.1 Å². The molecule has 2 aromatic rings. The van der Waals surface area contributed by atoms with Gasteiger partial charge in [-0.25, -0.2) is 4.98 Å². The Bertz CT molecular complexity index is 638. The maximum atomic E-state index is 5.96. The maximum Gasteiger partial charge on any atom is 0.163 e. The minimum absolute atomic E-state index is 0.461. The highest BCUT2D eigenvalue weighted by atomic mass is 32.1. The quantitative estimate of drug-likeness (QED) is 0.564. The van der Waals surface area contributed by atoms with E-state index in [9.17, 15) is 0 Å². The van der Waals surface area contributed by atoms with E-state index >= 15 is 0 Å². The van der Waals surface area contributed by atoms with Crippen molar-refractivity contribution in [2.75, 3.05) is 40.4 Å².